The molecule has 6 nitrogen and oxygen atoms in total. The third-order valence-corrected chi connectivity index (χ3v) is 6.52. The van der Waals surface area contributed by atoms with E-state index in [4.69, 9.17) is 0 Å². The van der Waals surface area contributed by atoms with Crippen LogP contribution in [0.25, 0.3) is 0 Å². The lowest BCUT2D eigenvalue weighted by Gasteiger charge is -2.37. The molecular formula is C25H31FN4O2. The minimum Gasteiger partial charge on any atom is -0.338 e. The molecule has 0 aromatic heterocycles. The summed E-state index contributed by atoms with van der Waals surface area (Å²) in [5.41, 5.74) is 3.23. The first kappa shape index (κ1) is 22.4. The second-order valence-corrected chi connectivity index (χ2v) is 8.72. The average Bonchev–Trinajstić information content (AvgIpc) is 2.81. The van der Waals surface area contributed by atoms with Gasteiger partial charge in [0.05, 0.1) is 19.1 Å². The summed E-state index contributed by atoms with van der Waals surface area (Å²) in [5, 5.41) is 2.80. The molecule has 2 aliphatic rings. The van der Waals surface area contributed by atoms with Gasteiger partial charge in [-0.25, -0.2) is 4.39 Å². The maximum absolute atomic E-state index is 13.0. The number of aryl methyl sites for hydroxylation is 1. The summed E-state index contributed by atoms with van der Waals surface area (Å²) in [5.74, 6) is -0.293. The first-order chi connectivity index (χ1) is 15.5. The summed E-state index contributed by atoms with van der Waals surface area (Å²) in [6, 6.07) is 14.4. The number of fused-ring (bicyclic) bond motifs is 1. The molecule has 170 valence electrons. The second kappa shape index (κ2) is 10.2. The average molecular weight is 439 g/mol. The van der Waals surface area contributed by atoms with Crippen LogP contribution < -0.4 is 5.32 Å². The van der Waals surface area contributed by atoms with Crippen LogP contribution in [-0.2, 0) is 16.0 Å². The SMILES string of the molecule is CN(C(=O)CN1CCN(CC(=O)Nc2ccc(F)cc2)CC1)C1CCCc2ccccc21. The van der Waals surface area contributed by atoms with Crippen LogP contribution in [0.5, 0.6) is 0 Å². The van der Waals surface area contributed by atoms with Gasteiger partial charge in [-0.15, -0.1) is 0 Å². The molecule has 2 amide bonds. The Bertz CT molecular complexity index is 941. The Labute approximate surface area is 189 Å². The van der Waals surface area contributed by atoms with Crippen LogP contribution in [0.4, 0.5) is 10.1 Å². The summed E-state index contributed by atoms with van der Waals surface area (Å²) in [4.78, 5) is 31.4. The predicted octanol–water partition coefficient (Wildman–Crippen LogP) is 2.92. The summed E-state index contributed by atoms with van der Waals surface area (Å²) in [7, 11) is 1.92. The number of anilines is 1. The van der Waals surface area contributed by atoms with E-state index < -0.39 is 0 Å². The standard InChI is InChI=1S/C25H31FN4O2/c1-28(23-8-4-6-19-5-2-3-7-22(19)23)25(32)18-30-15-13-29(14-16-30)17-24(31)27-21-11-9-20(26)10-12-21/h2-3,5,7,9-12,23H,4,6,8,13-18H2,1H3,(H,27,31). The number of hydrogen-bond acceptors (Lipinski definition) is 4. The maximum atomic E-state index is 13.0. The number of rotatable bonds is 6. The number of carbonyl (C=O) groups excluding carboxylic acids is 2. The predicted molar refractivity (Wildman–Crippen MR) is 123 cm³/mol. The zero-order chi connectivity index (χ0) is 22.5. The van der Waals surface area contributed by atoms with Gasteiger partial charge in [0.1, 0.15) is 5.82 Å². The molecule has 1 atom stereocenters. The van der Waals surface area contributed by atoms with Crippen molar-refractivity contribution >= 4 is 17.5 Å². The Balaban J connectivity index is 1.23. The molecule has 0 spiro atoms. The van der Waals surface area contributed by atoms with E-state index in [9.17, 15) is 14.0 Å². The van der Waals surface area contributed by atoms with Gasteiger partial charge in [0, 0.05) is 38.9 Å². The van der Waals surface area contributed by atoms with Crippen molar-refractivity contribution in [1.29, 1.82) is 0 Å². The van der Waals surface area contributed by atoms with E-state index in [2.05, 4.69) is 39.4 Å². The minimum absolute atomic E-state index is 0.114. The number of benzene rings is 2. The van der Waals surface area contributed by atoms with E-state index >= 15 is 0 Å². The Morgan fingerprint density at radius 2 is 1.66 bits per heavy atom. The third kappa shape index (κ3) is 5.53. The van der Waals surface area contributed by atoms with Crippen LogP contribution in [0.3, 0.4) is 0 Å². The van der Waals surface area contributed by atoms with Crippen molar-refractivity contribution in [2.24, 2.45) is 0 Å². The van der Waals surface area contributed by atoms with Crippen LogP contribution in [0.2, 0.25) is 0 Å². The zero-order valence-electron chi connectivity index (χ0n) is 18.6. The molecule has 2 aromatic carbocycles. The highest BCUT2D eigenvalue weighted by molar-refractivity contribution is 5.92. The van der Waals surface area contributed by atoms with Crippen molar-refractivity contribution in [2.75, 3.05) is 51.6 Å². The lowest BCUT2D eigenvalue weighted by molar-refractivity contribution is -0.134. The highest BCUT2D eigenvalue weighted by Gasteiger charge is 2.28. The molecule has 1 aliphatic heterocycles. The van der Waals surface area contributed by atoms with Crippen LogP contribution in [-0.4, -0.2) is 72.8 Å². The molecule has 0 radical (unpaired) electrons. The topological polar surface area (TPSA) is 55.9 Å². The molecule has 1 N–H and O–H groups in total. The molecule has 32 heavy (non-hydrogen) atoms. The number of nitrogens with zero attached hydrogens (tertiary/aromatic N) is 3. The van der Waals surface area contributed by atoms with Crippen molar-refractivity contribution in [3.05, 3.63) is 65.5 Å². The Hall–Kier alpha value is -2.77. The highest BCUT2D eigenvalue weighted by atomic mass is 19.1. The number of carbonyl (C=O) groups is 2. The van der Waals surface area contributed by atoms with E-state index in [0.29, 0.717) is 12.2 Å². The van der Waals surface area contributed by atoms with Gasteiger partial charge in [0.2, 0.25) is 11.8 Å². The molecule has 0 saturated carbocycles. The van der Waals surface area contributed by atoms with Crippen LogP contribution in [0.15, 0.2) is 48.5 Å². The largest absolute Gasteiger partial charge is 0.338 e. The normalized spacial score (nSPS) is 19.2. The number of halogens is 1. The molecule has 1 saturated heterocycles. The summed E-state index contributed by atoms with van der Waals surface area (Å²) < 4.78 is 13.0. The fourth-order valence-electron chi connectivity index (χ4n) is 4.65. The van der Waals surface area contributed by atoms with Gasteiger partial charge in [-0.05, 0) is 54.7 Å². The van der Waals surface area contributed by atoms with Gasteiger partial charge in [-0.1, -0.05) is 24.3 Å². The van der Waals surface area contributed by atoms with Crippen molar-refractivity contribution in [1.82, 2.24) is 14.7 Å². The molecule has 4 rings (SSSR count). The highest BCUT2D eigenvalue weighted by Crippen LogP contribution is 2.33. The number of piperazine rings is 1. The van der Waals surface area contributed by atoms with E-state index in [-0.39, 0.29) is 30.2 Å². The summed E-state index contributed by atoms with van der Waals surface area (Å²) >= 11 is 0. The van der Waals surface area contributed by atoms with Crippen molar-refractivity contribution < 1.29 is 14.0 Å². The fraction of sp³-hybridized carbons (Fsp3) is 0.440. The van der Waals surface area contributed by atoms with E-state index in [1.54, 1.807) is 12.1 Å². The van der Waals surface area contributed by atoms with E-state index in [0.717, 1.165) is 45.4 Å². The first-order valence-electron chi connectivity index (χ1n) is 11.3. The lowest BCUT2D eigenvalue weighted by Crippen LogP contribution is -2.51. The van der Waals surface area contributed by atoms with Gasteiger partial charge in [-0.3, -0.25) is 19.4 Å². The first-order valence-corrected chi connectivity index (χ1v) is 11.3. The van der Waals surface area contributed by atoms with Crippen LogP contribution >= 0.6 is 0 Å². The fourth-order valence-corrected chi connectivity index (χ4v) is 4.65. The Morgan fingerprint density at radius 3 is 2.38 bits per heavy atom. The van der Waals surface area contributed by atoms with Crippen LogP contribution in [0.1, 0.15) is 30.0 Å². The molecule has 1 aliphatic carbocycles. The van der Waals surface area contributed by atoms with Gasteiger partial charge >= 0.3 is 0 Å². The molecule has 2 aromatic rings. The van der Waals surface area contributed by atoms with Gasteiger partial charge in [-0.2, -0.15) is 0 Å². The maximum Gasteiger partial charge on any atom is 0.238 e. The Morgan fingerprint density at radius 1 is 1.00 bits per heavy atom. The van der Waals surface area contributed by atoms with Gasteiger partial charge in [0.15, 0.2) is 0 Å². The van der Waals surface area contributed by atoms with E-state index in [1.165, 1.54) is 23.3 Å². The smallest absolute Gasteiger partial charge is 0.238 e. The quantitative estimate of drug-likeness (QED) is 0.754. The zero-order valence-corrected chi connectivity index (χ0v) is 18.6. The molecule has 1 unspecified atom stereocenters. The van der Waals surface area contributed by atoms with Crippen molar-refractivity contribution in [3.8, 4) is 0 Å². The molecular weight excluding hydrogens is 407 g/mol. The van der Waals surface area contributed by atoms with Crippen LogP contribution in [0, 0.1) is 5.82 Å². The second-order valence-electron chi connectivity index (χ2n) is 8.72. The van der Waals surface area contributed by atoms with Gasteiger partial charge in [0.25, 0.3) is 0 Å². The van der Waals surface area contributed by atoms with Crippen molar-refractivity contribution in [2.45, 2.75) is 25.3 Å². The summed E-state index contributed by atoms with van der Waals surface area (Å²) in [6.07, 6.45) is 3.21. The number of hydrogen-bond donors (Lipinski definition) is 1. The monoisotopic (exact) mass is 438 g/mol. The van der Waals surface area contributed by atoms with E-state index in [1.807, 2.05) is 11.9 Å². The molecule has 1 heterocycles. The number of likely N-dealkylation sites (N-methyl/N-ethyl adjacent to an activating group) is 1. The Kier molecular flexibility index (Phi) is 7.17. The molecule has 1 fully saturated rings. The minimum atomic E-state index is -0.327. The third-order valence-electron chi connectivity index (χ3n) is 6.52. The van der Waals surface area contributed by atoms with Gasteiger partial charge < -0.3 is 10.2 Å². The van der Waals surface area contributed by atoms with Crippen molar-refractivity contribution in [3.63, 3.8) is 0 Å². The summed E-state index contributed by atoms with van der Waals surface area (Å²) in [6.45, 7) is 3.68. The number of amides is 2. The lowest BCUT2D eigenvalue weighted by atomic mass is 9.87. The molecule has 7 heteroatoms. The molecule has 0 bridgehead atoms. The number of nitrogens with one attached hydrogen (secondary N) is 1.